The lowest BCUT2D eigenvalue weighted by atomic mass is 10.2. The van der Waals surface area contributed by atoms with Crippen molar-refractivity contribution in [3.05, 3.63) is 29.8 Å². The first-order valence-corrected chi connectivity index (χ1v) is 4.74. The summed E-state index contributed by atoms with van der Waals surface area (Å²) in [6.07, 6.45) is 1.94. The van der Waals surface area contributed by atoms with E-state index in [1.54, 1.807) is 12.1 Å². The van der Waals surface area contributed by atoms with Crippen molar-refractivity contribution in [2.75, 3.05) is 6.26 Å². The Bertz CT molecular complexity index is 253. The van der Waals surface area contributed by atoms with Gasteiger partial charge in [-0.05, 0) is 36.1 Å². The number of thioether (sulfide) groups is 1. The molecular weight excluding hydrogens is 176 g/mol. The van der Waals surface area contributed by atoms with E-state index in [1.807, 2.05) is 18.4 Å². The van der Waals surface area contributed by atoms with Gasteiger partial charge in [-0.25, -0.2) is 0 Å². The van der Waals surface area contributed by atoms with Gasteiger partial charge in [0.1, 0.15) is 5.75 Å². The molecule has 3 heteroatoms. The number of aromatic hydroxyl groups is 1. The molecule has 1 rings (SSSR count). The van der Waals surface area contributed by atoms with E-state index in [4.69, 9.17) is 17.3 Å². The SMILES string of the molecule is CSC(=S)c1ccc(O)cc1. The van der Waals surface area contributed by atoms with Crippen LogP contribution in [0.15, 0.2) is 24.3 Å². The van der Waals surface area contributed by atoms with Crippen molar-refractivity contribution >= 4 is 28.2 Å². The first kappa shape index (κ1) is 8.56. The van der Waals surface area contributed by atoms with Gasteiger partial charge in [-0.2, -0.15) is 0 Å². The van der Waals surface area contributed by atoms with Crippen LogP contribution < -0.4 is 0 Å². The van der Waals surface area contributed by atoms with E-state index in [0.717, 1.165) is 9.76 Å². The molecule has 0 bridgehead atoms. The average molecular weight is 184 g/mol. The molecule has 11 heavy (non-hydrogen) atoms. The van der Waals surface area contributed by atoms with Crippen molar-refractivity contribution in [2.24, 2.45) is 0 Å². The Balaban J connectivity index is 2.90. The molecule has 58 valence electrons. The standard InChI is InChI=1S/C8H8OS2/c1-11-8(10)6-2-4-7(9)5-3-6/h2-5,9H,1H3. The Kier molecular flexibility index (Phi) is 2.91. The molecule has 0 atom stereocenters. The van der Waals surface area contributed by atoms with Crippen LogP contribution in [0.1, 0.15) is 5.56 Å². The Morgan fingerprint density at radius 3 is 2.36 bits per heavy atom. The Hall–Kier alpha value is -0.540. The van der Waals surface area contributed by atoms with Crippen LogP contribution in [-0.2, 0) is 0 Å². The summed E-state index contributed by atoms with van der Waals surface area (Å²) >= 11 is 6.58. The van der Waals surface area contributed by atoms with Crippen molar-refractivity contribution in [3.63, 3.8) is 0 Å². The molecule has 1 nitrogen and oxygen atoms in total. The third kappa shape index (κ3) is 2.20. The van der Waals surface area contributed by atoms with Crippen LogP contribution in [0.25, 0.3) is 0 Å². The molecule has 0 saturated heterocycles. The summed E-state index contributed by atoms with van der Waals surface area (Å²) in [5.74, 6) is 0.276. The van der Waals surface area contributed by atoms with Crippen LogP contribution >= 0.6 is 24.0 Å². The van der Waals surface area contributed by atoms with Crippen LogP contribution in [0.2, 0.25) is 0 Å². The van der Waals surface area contributed by atoms with Gasteiger partial charge in [0.25, 0.3) is 0 Å². The highest BCUT2D eigenvalue weighted by molar-refractivity contribution is 8.23. The Morgan fingerprint density at radius 2 is 1.91 bits per heavy atom. The number of hydrogen-bond donors (Lipinski definition) is 1. The Labute approximate surface area is 75.4 Å². The molecule has 1 aromatic carbocycles. The van der Waals surface area contributed by atoms with Crippen LogP contribution in [-0.4, -0.2) is 15.6 Å². The molecule has 0 aliphatic rings. The summed E-state index contributed by atoms with van der Waals surface area (Å²) < 4.78 is 0.852. The topological polar surface area (TPSA) is 20.2 Å². The third-order valence-corrected chi connectivity index (χ3v) is 2.63. The number of thiocarbonyl (C=S) groups is 1. The second kappa shape index (κ2) is 3.74. The molecule has 0 saturated carbocycles. The highest BCUT2D eigenvalue weighted by Crippen LogP contribution is 2.14. The fraction of sp³-hybridized carbons (Fsp3) is 0.125. The third-order valence-electron chi connectivity index (χ3n) is 1.29. The number of benzene rings is 1. The van der Waals surface area contributed by atoms with E-state index in [-0.39, 0.29) is 5.75 Å². The maximum Gasteiger partial charge on any atom is 0.115 e. The molecule has 0 radical (unpaired) electrons. The zero-order valence-electron chi connectivity index (χ0n) is 6.07. The van der Waals surface area contributed by atoms with E-state index in [2.05, 4.69) is 0 Å². The quantitative estimate of drug-likeness (QED) is 0.677. The second-order valence-electron chi connectivity index (χ2n) is 2.04. The summed E-state index contributed by atoms with van der Waals surface area (Å²) in [5.41, 5.74) is 0.991. The molecule has 0 heterocycles. The van der Waals surface area contributed by atoms with Crippen molar-refractivity contribution in [2.45, 2.75) is 0 Å². The van der Waals surface area contributed by atoms with Crippen molar-refractivity contribution < 1.29 is 5.11 Å². The molecule has 0 aromatic heterocycles. The maximum atomic E-state index is 8.96. The lowest BCUT2D eigenvalue weighted by Gasteiger charge is -1.98. The smallest absolute Gasteiger partial charge is 0.115 e. The average Bonchev–Trinajstić information content (AvgIpc) is 2.05. The van der Waals surface area contributed by atoms with Gasteiger partial charge in [-0.15, -0.1) is 11.8 Å². The van der Waals surface area contributed by atoms with Gasteiger partial charge in [-0.3, -0.25) is 0 Å². The summed E-state index contributed by atoms with van der Waals surface area (Å²) in [5, 5.41) is 8.96. The minimum absolute atomic E-state index is 0.276. The second-order valence-corrected chi connectivity index (χ2v) is 3.52. The highest BCUT2D eigenvalue weighted by Gasteiger charge is 1.97. The van der Waals surface area contributed by atoms with Gasteiger partial charge in [0.05, 0.1) is 4.20 Å². The largest absolute Gasteiger partial charge is 0.508 e. The fourth-order valence-electron chi connectivity index (χ4n) is 0.715. The predicted octanol–water partition coefficient (Wildman–Crippen LogP) is 2.43. The molecule has 0 amide bonds. The van der Waals surface area contributed by atoms with Crippen LogP contribution in [0.5, 0.6) is 5.75 Å². The molecule has 0 aliphatic carbocycles. The molecule has 0 aliphatic heterocycles. The summed E-state index contributed by atoms with van der Waals surface area (Å²) in [4.78, 5) is 0. The fourth-order valence-corrected chi connectivity index (χ4v) is 1.22. The lowest BCUT2D eigenvalue weighted by molar-refractivity contribution is 0.475. The van der Waals surface area contributed by atoms with Crippen molar-refractivity contribution in [1.29, 1.82) is 0 Å². The molecule has 0 spiro atoms. The van der Waals surface area contributed by atoms with E-state index >= 15 is 0 Å². The van der Waals surface area contributed by atoms with Gasteiger partial charge < -0.3 is 5.11 Å². The summed E-state index contributed by atoms with van der Waals surface area (Å²) in [7, 11) is 0. The van der Waals surface area contributed by atoms with Gasteiger partial charge in [0.2, 0.25) is 0 Å². The van der Waals surface area contributed by atoms with Crippen molar-refractivity contribution in [1.82, 2.24) is 0 Å². The van der Waals surface area contributed by atoms with Gasteiger partial charge >= 0.3 is 0 Å². The predicted molar refractivity (Wildman–Crippen MR) is 53.3 cm³/mol. The summed E-state index contributed by atoms with van der Waals surface area (Å²) in [6, 6.07) is 6.90. The van der Waals surface area contributed by atoms with Gasteiger partial charge in [0, 0.05) is 0 Å². The van der Waals surface area contributed by atoms with Gasteiger partial charge in [0.15, 0.2) is 0 Å². The molecule has 0 unspecified atom stereocenters. The number of hydrogen-bond acceptors (Lipinski definition) is 3. The molecular formula is C8H8OS2. The van der Waals surface area contributed by atoms with Crippen LogP contribution in [0.4, 0.5) is 0 Å². The minimum atomic E-state index is 0.276. The highest BCUT2D eigenvalue weighted by atomic mass is 32.2. The number of phenols is 1. The zero-order chi connectivity index (χ0) is 8.27. The normalized spacial score (nSPS) is 9.55. The first-order chi connectivity index (χ1) is 5.24. The number of phenolic OH excluding ortho intramolecular Hbond substituents is 1. The van der Waals surface area contributed by atoms with E-state index in [1.165, 1.54) is 11.8 Å². The summed E-state index contributed by atoms with van der Waals surface area (Å²) in [6.45, 7) is 0. The zero-order valence-corrected chi connectivity index (χ0v) is 7.71. The molecule has 0 fully saturated rings. The van der Waals surface area contributed by atoms with E-state index < -0.39 is 0 Å². The van der Waals surface area contributed by atoms with Crippen LogP contribution in [0, 0.1) is 0 Å². The van der Waals surface area contributed by atoms with Crippen LogP contribution in [0.3, 0.4) is 0 Å². The lowest BCUT2D eigenvalue weighted by Crippen LogP contribution is -1.88. The maximum absolute atomic E-state index is 8.96. The Morgan fingerprint density at radius 1 is 1.36 bits per heavy atom. The molecule has 1 aromatic rings. The minimum Gasteiger partial charge on any atom is -0.508 e. The number of rotatable bonds is 1. The van der Waals surface area contributed by atoms with E-state index in [9.17, 15) is 0 Å². The van der Waals surface area contributed by atoms with Crippen molar-refractivity contribution in [3.8, 4) is 5.75 Å². The first-order valence-electron chi connectivity index (χ1n) is 3.11. The monoisotopic (exact) mass is 184 g/mol. The molecule has 1 N–H and O–H groups in total. The van der Waals surface area contributed by atoms with Gasteiger partial charge in [-0.1, -0.05) is 12.2 Å². The van der Waals surface area contributed by atoms with E-state index in [0.29, 0.717) is 0 Å².